The first-order valence-corrected chi connectivity index (χ1v) is 11.1. The van der Waals surface area contributed by atoms with Crippen LogP contribution in [0.15, 0.2) is 39.5 Å². The molecule has 0 spiro atoms. The zero-order valence-electron chi connectivity index (χ0n) is 15.4. The van der Waals surface area contributed by atoms with Gasteiger partial charge in [0.1, 0.15) is 0 Å². The number of aromatic nitrogens is 1. The Bertz CT molecular complexity index is 908. The number of morpholine rings is 1. The van der Waals surface area contributed by atoms with Crippen molar-refractivity contribution < 1.29 is 13.2 Å². The lowest BCUT2D eigenvalue weighted by Gasteiger charge is -2.26. The van der Waals surface area contributed by atoms with Gasteiger partial charge in [-0.15, -0.1) is 11.3 Å². The molecule has 1 fully saturated rings. The maximum absolute atomic E-state index is 12.7. The number of benzene rings is 1. The molecule has 2 aromatic rings. The fourth-order valence-electron chi connectivity index (χ4n) is 2.94. The summed E-state index contributed by atoms with van der Waals surface area (Å²) in [6, 6.07) is 7.18. The molecular formula is C18H25N3O3S2. The van der Waals surface area contributed by atoms with Crippen molar-refractivity contribution in [1.29, 1.82) is 0 Å². The average molecular weight is 396 g/mol. The third-order valence-electron chi connectivity index (χ3n) is 4.62. The van der Waals surface area contributed by atoms with E-state index in [-0.39, 0.29) is 0 Å². The normalized spacial score (nSPS) is 18.2. The van der Waals surface area contributed by atoms with Gasteiger partial charge in [-0.05, 0) is 44.5 Å². The van der Waals surface area contributed by atoms with Crippen molar-refractivity contribution in [2.45, 2.75) is 38.1 Å². The van der Waals surface area contributed by atoms with Gasteiger partial charge in [-0.25, -0.2) is 13.4 Å². The van der Waals surface area contributed by atoms with Crippen molar-refractivity contribution in [3.8, 4) is 0 Å². The maximum atomic E-state index is 12.7. The zero-order chi connectivity index (χ0) is 18.7. The van der Waals surface area contributed by atoms with E-state index in [1.165, 1.54) is 10.00 Å². The van der Waals surface area contributed by atoms with Crippen molar-refractivity contribution >= 4 is 27.0 Å². The molecule has 1 aromatic heterocycles. The Kier molecular flexibility index (Phi) is 5.96. The minimum atomic E-state index is -3.46. The van der Waals surface area contributed by atoms with Crippen LogP contribution in [0, 0.1) is 6.92 Å². The van der Waals surface area contributed by atoms with Crippen LogP contribution in [0.5, 0.6) is 0 Å². The number of rotatable bonds is 5. The average Bonchev–Trinajstić information content (AvgIpc) is 3.02. The van der Waals surface area contributed by atoms with Crippen LogP contribution in [0.4, 0.5) is 5.69 Å². The quantitative estimate of drug-likeness (QED) is 0.781. The van der Waals surface area contributed by atoms with Gasteiger partial charge in [-0.2, -0.15) is 4.31 Å². The number of ether oxygens (including phenoxy) is 1. The molecule has 0 aliphatic carbocycles. The summed E-state index contributed by atoms with van der Waals surface area (Å²) < 4.78 is 34.3. The van der Waals surface area contributed by atoms with E-state index in [0.29, 0.717) is 37.2 Å². The second-order valence-electron chi connectivity index (χ2n) is 6.41. The topological polar surface area (TPSA) is 63.9 Å². The molecule has 0 amide bonds. The second kappa shape index (κ2) is 8.04. The van der Waals surface area contributed by atoms with E-state index in [2.05, 4.69) is 30.7 Å². The number of thiazole rings is 1. The molecule has 3 rings (SSSR count). The molecule has 1 saturated heterocycles. The van der Waals surface area contributed by atoms with E-state index in [1.54, 1.807) is 35.6 Å². The van der Waals surface area contributed by atoms with Gasteiger partial charge >= 0.3 is 0 Å². The molecule has 0 bridgehead atoms. The van der Waals surface area contributed by atoms with E-state index in [4.69, 9.17) is 9.73 Å². The van der Waals surface area contributed by atoms with Crippen LogP contribution in [-0.2, 0) is 14.8 Å². The molecule has 6 nitrogen and oxygen atoms in total. The van der Waals surface area contributed by atoms with Crippen LogP contribution in [0.3, 0.4) is 0 Å². The lowest BCUT2D eigenvalue weighted by atomic mass is 10.2. The van der Waals surface area contributed by atoms with Gasteiger partial charge in [0.2, 0.25) is 10.0 Å². The van der Waals surface area contributed by atoms with E-state index in [0.717, 1.165) is 16.9 Å². The van der Waals surface area contributed by atoms with E-state index < -0.39 is 10.0 Å². The summed E-state index contributed by atoms with van der Waals surface area (Å²) in [7, 11) is -3.46. The minimum absolute atomic E-state index is 0.301. The van der Waals surface area contributed by atoms with E-state index in [9.17, 15) is 8.42 Å². The number of hydrogen-bond donors (Lipinski definition) is 0. The van der Waals surface area contributed by atoms with Crippen LogP contribution >= 0.6 is 11.3 Å². The third-order valence-corrected chi connectivity index (χ3v) is 7.49. The molecule has 2 heterocycles. The monoisotopic (exact) mass is 395 g/mol. The lowest BCUT2D eigenvalue weighted by Crippen LogP contribution is -2.40. The Balaban J connectivity index is 1.89. The first kappa shape index (κ1) is 19.3. The molecule has 1 aliphatic heterocycles. The van der Waals surface area contributed by atoms with Gasteiger partial charge in [-0.1, -0.05) is 6.92 Å². The third kappa shape index (κ3) is 3.93. The number of nitrogens with zero attached hydrogens (tertiary/aromatic N) is 3. The Morgan fingerprint density at radius 1 is 1.23 bits per heavy atom. The SMILES string of the molecule is CCC(C)n1c(C)csc1=Nc1ccc(S(=O)(=O)N2CCOCC2)cc1. The Morgan fingerprint density at radius 3 is 2.50 bits per heavy atom. The lowest BCUT2D eigenvalue weighted by molar-refractivity contribution is 0.0730. The van der Waals surface area contributed by atoms with Crippen molar-refractivity contribution in [2.75, 3.05) is 26.3 Å². The minimum Gasteiger partial charge on any atom is -0.379 e. The molecule has 1 aromatic carbocycles. The largest absolute Gasteiger partial charge is 0.379 e. The summed E-state index contributed by atoms with van der Waals surface area (Å²) >= 11 is 1.60. The van der Waals surface area contributed by atoms with Gasteiger partial charge in [-0.3, -0.25) is 0 Å². The summed E-state index contributed by atoms with van der Waals surface area (Å²) in [6.07, 6.45) is 1.03. The summed E-state index contributed by atoms with van der Waals surface area (Å²) in [5.74, 6) is 0. The Hall–Kier alpha value is -1.48. The maximum Gasteiger partial charge on any atom is 0.243 e. The van der Waals surface area contributed by atoms with E-state index in [1.807, 2.05) is 0 Å². The first-order chi connectivity index (χ1) is 12.4. The van der Waals surface area contributed by atoms with Crippen molar-refractivity contribution in [1.82, 2.24) is 8.87 Å². The van der Waals surface area contributed by atoms with Gasteiger partial charge in [0.25, 0.3) is 0 Å². The highest BCUT2D eigenvalue weighted by Crippen LogP contribution is 2.21. The summed E-state index contributed by atoms with van der Waals surface area (Å²) in [5.41, 5.74) is 1.94. The second-order valence-corrected chi connectivity index (χ2v) is 9.18. The van der Waals surface area contributed by atoms with Gasteiger partial charge in [0.15, 0.2) is 4.80 Å². The molecule has 1 unspecified atom stereocenters. The Labute approximate surface area is 158 Å². The van der Waals surface area contributed by atoms with Crippen LogP contribution in [0.25, 0.3) is 0 Å². The highest BCUT2D eigenvalue weighted by molar-refractivity contribution is 7.89. The van der Waals surface area contributed by atoms with Crippen LogP contribution in [0.2, 0.25) is 0 Å². The zero-order valence-corrected chi connectivity index (χ0v) is 17.0. The molecular weight excluding hydrogens is 370 g/mol. The van der Waals surface area contributed by atoms with Crippen LogP contribution in [0.1, 0.15) is 32.0 Å². The van der Waals surface area contributed by atoms with Crippen LogP contribution in [-0.4, -0.2) is 43.6 Å². The number of sulfonamides is 1. The van der Waals surface area contributed by atoms with Crippen molar-refractivity contribution in [3.63, 3.8) is 0 Å². The highest BCUT2D eigenvalue weighted by atomic mass is 32.2. The number of aryl methyl sites for hydroxylation is 1. The predicted molar refractivity (Wildman–Crippen MR) is 103 cm³/mol. The fraction of sp³-hybridized carbons (Fsp3) is 0.500. The van der Waals surface area contributed by atoms with Crippen molar-refractivity contribution in [3.05, 3.63) is 40.1 Å². The summed E-state index contributed by atoms with van der Waals surface area (Å²) in [5, 5.41) is 2.10. The van der Waals surface area contributed by atoms with Gasteiger partial charge in [0.05, 0.1) is 23.8 Å². The molecule has 1 aliphatic rings. The molecule has 142 valence electrons. The highest BCUT2D eigenvalue weighted by Gasteiger charge is 2.26. The van der Waals surface area contributed by atoms with Gasteiger partial charge in [0, 0.05) is 30.2 Å². The standard InChI is InChI=1S/C18H25N3O3S2/c1-4-14(2)21-15(3)13-25-18(21)19-16-5-7-17(8-6-16)26(22,23)20-9-11-24-12-10-20/h5-8,13-14H,4,9-12H2,1-3H3. The van der Waals surface area contributed by atoms with Crippen LogP contribution < -0.4 is 4.80 Å². The number of hydrogen-bond acceptors (Lipinski definition) is 5. The first-order valence-electron chi connectivity index (χ1n) is 8.83. The molecule has 0 N–H and O–H groups in total. The summed E-state index contributed by atoms with van der Waals surface area (Å²) in [4.78, 5) is 5.95. The summed E-state index contributed by atoms with van der Waals surface area (Å²) in [6.45, 7) is 8.11. The smallest absolute Gasteiger partial charge is 0.243 e. The molecule has 0 saturated carbocycles. The Morgan fingerprint density at radius 2 is 1.88 bits per heavy atom. The molecule has 0 radical (unpaired) electrons. The molecule has 26 heavy (non-hydrogen) atoms. The predicted octanol–water partition coefficient (Wildman–Crippen LogP) is 3.08. The van der Waals surface area contributed by atoms with E-state index >= 15 is 0 Å². The molecule has 8 heteroatoms. The van der Waals surface area contributed by atoms with Gasteiger partial charge < -0.3 is 9.30 Å². The van der Waals surface area contributed by atoms with Crippen molar-refractivity contribution in [2.24, 2.45) is 4.99 Å². The molecule has 1 atom stereocenters. The fourth-order valence-corrected chi connectivity index (χ4v) is 5.33.